The third kappa shape index (κ3) is 2.96. The first-order valence-electron chi connectivity index (χ1n) is 7.29. The van der Waals surface area contributed by atoms with Crippen molar-refractivity contribution in [1.82, 2.24) is 4.90 Å². The van der Waals surface area contributed by atoms with E-state index in [9.17, 15) is 4.79 Å². The average molecular weight is 369 g/mol. The summed E-state index contributed by atoms with van der Waals surface area (Å²) in [6.45, 7) is 1.93. The summed E-state index contributed by atoms with van der Waals surface area (Å²) in [5, 5.41) is 0. The molecule has 1 amide bonds. The lowest BCUT2D eigenvalue weighted by Crippen LogP contribution is -2.44. The van der Waals surface area contributed by atoms with E-state index < -0.39 is 0 Å². The molecule has 3 heteroatoms. The van der Waals surface area contributed by atoms with E-state index in [2.05, 4.69) is 27.5 Å². The Morgan fingerprint density at radius 2 is 1.95 bits per heavy atom. The predicted molar refractivity (Wildman–Crippen MR) is 85.1 cm³/mol. The molecule has 1 aromatic rings. The van der Waals surface area contributed by atoms with Gasteiger partial charge >= 0.3 is 0 Å². The van der Waals surface area contributed by atoms with Gasteiger partial charge in [-0.25, -0.2) is 0 Å². The van der Waals surface area contributed by atoms with E-state index >= 15 is 0 Å². The number of piperidine rings is 1. The summed E-state index contributed by atoms with van der Waals surface area (Å²) in [7, 11) is 0. The van der Waals surface area contributed by atoms with Crippen LogP contribution in [-0.2, 0) is 0 Å². The van der Waals surface area contributed by atoms with Crippen molar-refractivity contribution < 1.29 is 4.79 Å². The Hall–Kier alpha value is -0.580. The Balaban J connectivity index is 1.71. The fraction of sp³-hybridized carbons (Fsp3) is 0.562. The number of likely N-dealkylation sites (tertiary alicyclic amines) is 1. The second-order valence-corrected chi connectivity index (χ2v) is 7.10. The van der Waals surface area contributed by atoms with Crippen molar-refractivity contribution >= 4 is 28.5 Å². The normalized spacial score (nSPS) is 26.9. The quantitative estimate of drug-likeness (QED) is 0.687. The van der Waals surface area contributed by atoms with Crippen LogP contribution in [0.3, 0.4) is 0 Å². The number of halogens is 1. The van der Waals surface area contributed by atoms with Crippen molar-refractivity contribution in [1.29, 1.82) is 0 Å². The number of hydrogen-bond acceptors (Lipinski definition) is 1. The first-order chi connectivity index (χ1) is 9.24. The molecule has 0 spiro atoms. The zero-order valence-electron chi connectivity index (χ0n) is 11.1. The van der Waals surface area contributed by atoms with Crippen molar-refractivity contribution in [2.24, 2.45) is 11.8 Å². The van der Waals surface area contributed by atoms with Crippen molar-refractivity contribution in [3.8, 4) is 0 Å². The van der Waals surface area contributed by atoms with E-state index in [0.29, 0.717) is 0 Å². The molecule has 2 fully saturated rings. The Morgan fingerprint density at radius 3 is 2.74 bits per heavy atom. The minimum absolute atomic E-state index is 0.225. The SMILES string of the molecule is O=C(c1cccc(I)c1)N1CC[C@H]2CCCC[C@@H]2C1. The van der Waals surface area contributed by atoms with E-state index in [0.717, 1.165) is 34.1 Å². The molecular weight excluding hydrogens is 349 g/mol. The van der Waals surface area contributed by atoms with Crippen LogP contribution in [0.25, 0.3) is 0 Å². The van der Waals surface area contributed by atoms with Gasteiger partial charge in [0.05, 0.1) is 0 Å². The summed E-state index contributed by atoms with van der Waals surface area (Å²) in [5.74, 6) is 1.87. The van der Waals surface area contributed by atoms with Crippen LogP contribution in [0, 0.1) is 15.4 Å². The summed E-state index contributed by atoms with van der Waals surface area (Å²) in [6.07, 6.45) is 6.66. The molecule has 0 aromatic heterocycles. The lowest BCUT2D eigenvalue weighted by Gasteiger charge is -2.41. The molecule has 1 heterocycles. The first kappa shape index (κ1) is 13.4. The number of nitrogens with zero attached hydrogens (tertiary/aromatic N) is 1. The lowest BCUT2D eigenvalue weighted by atomic mass is 9.75. The van der Waals surface area contributed by atoms with Gasteiger partial charge in [0.25, 0.3) is 5.91 Å². The fourth-order valence-electron chi connectivity index (χ4n) is 3.59. The largest absolute Gasteiger partial charge is 0.338 e. The lowest BCUT2D eigenvalue weighted by molar-refractivity contribution is 0.0521. The first-order valence-corrected chi connectivity index (χ1v) is 8.37. The highest BCUT2D eigenvalue weighted by atomic mass is 127. The van der Waals surface area contributed by atoms with E-state index in [-0.39, 0.29) is 5.91 Å². The third-order valence-corrected chi connectivity index (χ3v) is 5.32. The summed E-state index contributed by atoms with van der Waals surface area (Å²) >= 11 is 2.27. The van der Waals surface area contributed by atoms with Crippen molar-refractivity contribution in [3.63, 3.8) is 0 Å². The van der Waals surface area contributed by atoms with Crippen molar-refractivity contribution in [3.05, 3.63) is 33.4 Å². The van der Waals surface area contributed by atoms with Gasteiger partial charge in [-0.2, -0.15) is 0 Å². The summed E-state index contributed by atoms with van der Waals surface area (Å²) in [5.41, 5.74) is 0.848. The molecule has 2 aliphatic rings. The molecule has 2 nitrogen and oxygen atoms in total. The van der Waals surface area contributed by atoms with Gasteiger partial charge in [0, 0.05) is 22.2 Å². The Kier molecular flexibility index (Phi) is 4.10. The van der Waals surface area contributed by atoms with Crippen molar-refractivity contribution in [2.75, 3.05) is 13.1 Å². The molecule has 0 unspecified atom stereocenters. The maximum atomic E-state index is 12.5. The van der Waals surface area contributed by atoms with Gasteiger partial charge in [0.15, 0.2) is 0 Å². The molecule has 1 aliphatic heterocycles. The summed E-state index contributed by atoms with van der Waals surface area (Å²) in [4.78, 5) is 14.6. The van der Waals surface area contributed by atoms with Crippen LogP contribution in [0.5, 0.6) is 0 Å². The van der Waals surface area contributed by atoms with Crippen molar-refractivity contribution in [2.45, 2.75) is 32.1 Å². The Bertz CT molecular complexity index is 474. The van der Waals surface area contributed by atoms with Crippen LogP contribution in [0.2, 0.25) is 0 Å². The average Bonchev–Trinajstić information content (AvgIpc) is 2.46. The van der Waals surface area contributed by atoms with Gasteiger partial charge in [-0.15, -0.1) is 0 Å². The number of hydrogen-bond donors (Lipinski definition) is 0. The van der Waals surface area contributed by atoms with Gasteiger partial charge < -0.3 is 4.90 Å². The minimum atomic E-state index is 0.225. The third-order valence-electron chi connectivity index (χ3n) is 4.65. The summed E-state index contributed by atoms with van der Waals surface area (Å²) < 4.78 is 1.14. The second-order valence-electron chi connectivity index (χ2n) is 5.85. The van der Waals surface area contributed by atoms with Crippen LogP contribution in [0.15, 0.2) is 24.3 Å². The van der Waals surface area contributed by atoms with Crippen LogP contribution >= 0.6 is 22.6 Å². The predicted octanol–water partition coefficient (Wildman–Crippen LogP) is 3.94. The molecule has 3 rings (SSSR count). The molecule has 1 aliphatic carbocycles. The van der Waals surface area contributed by atoms with Gasteiger partial charge in [-0.05, 0) is 65.5 Å². The minimum Gasteiger partial charge on any atom is -0.338 e. The number of benzene rings is 1. The Morgan fingerprint density at radius 1 is 1.16 bits per heavy atom. The maximum Gasteiger partial charge on any atom is 0.253 e. The second kappa shape index (κ2) is 5.81. The molecule has 102 valence electrons. The number of carbonyl (C=O) groups is 1. The maximum absolute atomic E-state index is 12.5. The van der Waals surface area contributed by atoms with E-state index in [4.69, 9.17) is 0 Å². The highest BCUT2D eigenvalue weighted by Crippen LogP contribution is 2.36. The van der Waals surface area contributed by atoms with Gasteiger partial charge in [-0.1, -0.05) is 25.3 Å². The van der Waals surface area contributed by atoms with Gasteiger partial charge in [0.2, 0.25) is 0 Å². The van der Waals surface area contributed by atoms with Crippen LogP contribution < -0.4 is 0 Å². The molecular formula is C16H20INO. The van der Waals surface area contributed by atoms with Crippen LogP contribution in [0.4, 0.5) is 0 Å². The molecule has 0 bridgehead atoms. The summed E-state index contributed by atoms with van der Waals surface area (Å²) in [6, 6.07) is 7.94. The molecule has 0 radical (unpaired) electrons. The topological polar surface area (TPSA) is 20.3 Å². The zero-order chi connectivity index (χ0) is 13.2. The van der Waals surface area contributed by atoms with Crippen LogP contribution in [0.1, 0.15) is 42.5 Å². The number of fused-ring (bicyclic) bond motifs is 1. The van der Waals surface area contributed by atoms with E-state index in [1.165, 1.54) is 32.1 Å². The molecule has 2 atom stereocenters. The highest BCUT2D eigenvalue weighted by Gasteiger charge is 2.33. The van der Waals surface area contributed by atoms with Gasteiger partial charge in [-0.3, -0.25) is 4.79 Å². The fourth-order valence-corrected chi connectivity index (χ4v) is 4.13. The van der Waals surface area contributed by atoms with Gasteiger partial charge in [0.1, 0.15) is 0 Å². The monoisotopic (exact) mass is 369 g/mol. The number of carbonyl (C=O) groups excluding carboxylic acids is 1. The number of amides is 1. The zero-order valence-corrected chi connectivity index (χ0v) is 13.3. The number of rotatable bonds is 1. The molecule has 0 N–H and O–H groups in total. The standard InChI is InChI=1S/C16H20INO/c17-15-7-3-6-13(10-15)16(19)18-9-8-12-4-1-2-5-14(12)11-18/h3,6-7,10,12,14H,1-2,4-5,8-9,11H2/t12-,14-/m1/s1. The highest BCUT2D eigenvalue weighted by molar-refractivity contribution is 14.1. The van der Waals surface area contributed by atoms with E-state index in [1.807, 2.05) is 24.3 Å². The molecule has 1 aromatic carbocycles. The Labute approximate surface area is 128 Å². The van der Waals surface area contributed by atoms with Crippen LogP contribution in [-0.4, -0.2) is 23.9 Å². The van der Waals surface area contributed by atoms with E-state index in [1.54, 1.807) is 0 Å². The molecule has 1 saturated carbocycles. The molecule has 19 heavy (non-hydrogen) atoms. The smallest absolute Gasteiger partial charge is 0.253 e. The molecule has 1 saturated heterocycles.